The fourth-order valence-corrected chi connectivity index (χ4v) is 4.35. The van der Waals surface area contributed by atoms with Crippen molar-refractivity contribution in [1.82, 2.24) is 9.88 Å². The lowest BCUT2D eigenvalue weighted by Gasteiger charge is -2.21. The van der Waals surface area contributed by atoms with Crippen LogP contribution in [0.3, 0.4) is 0 Å². The number of nitrogens with zero attached hydrogens (tertiary/aromatic N) is 3. The van der Waals surface area contributed by atoms with Crippen LogP contribution in [0.1, 0.15) is 28.9 Å². The van der Waals surface area contributed by atoms with Crippen LogP contribution >= 0.6 is 11.6 Å². The van der Waals surface area contributed by atoms with Crippen LogP contribution in [0, 0.1) is 5.92 Å². The first-order chi connectivity index (χ1) is 13.1. The molecule has 0 radical (unpaired) electrons. The molecule has 1 N–H and O–H groups in total. The largest absolute Gasteiger partial charge is 0.391 e. The Balaban J connectivity index is 1.44. The Bertz CT molecular complexity index is 808. The zero-order valence-corrected chi connectivity index (χ0v) is 16.0. The molecule has 2 aliphatic rings. The van der Waals surface area contributed by atoms with Gasteiger partial charge in [-0.1, -0.05) is 17.7 Å². The molecule has 0 spiro atoms. The number of β-amino-alcohol motifs (C(OH)–C–C–N with tert-alkyl or cyclic N) is 1. The predicted molar refractivity (Wildman–Crippen MR) is 106 cm³/mol. The van der Waals surface area contributed by atoms with Gasteiger partial charge in [0.05, 0.1) is 16.8 Å². The van der Waals surface area contributed by atoms with E-state index in [-0.39, 0.29) is 11.8 Å². The van der Waals surface area contributed by atoms with Gasteiger partial charge in [0, 0.05) is 49.6 Å². The van der Waals surface area contributed by atoms with Crippen LogP contribution in [0.15, 0.2) is 42.6 Å². The van der Waals surface area contributed by atoms with Crippen LogP contribution in [0.4, 0.5) is 5.69 Å². The average Bonchev–Trinajstić information content (AvgIpc) is 3.32. The van der Waals surface area contributed by atoms with E-state index in [0.717, 1.165) is 24.5 Å². The van der Waals surface area contributed by atoms with Gasteiger partial charge in [-0.05, 0) is 49.6 Å². The van der Waals surface area contributed by atoms with E-state index in [1.54, 1.807) is 17.2 Å². The molecular weight excluding hydrogens is 362 g/mol. The molecule has 27 heavy (non-hydrogen) atoms. The van der Waals surface area contributed by atoms with Crippen molar-refractivity contribution in [3.63, 3.8) is 0 Å². The fraction of sp³-hybridized carbons (Fsp3) is 0.429. The van der Waals surface area contributed by atoms with Gasteiger partial charge in [0.15, 0.2) is 0 Å². The maximum absolute atomic E-state index is 12.9. The highest BCUT2D eigenvalue weighted by Gasteiger charge is 2.34. The van der Waals surface area contributed by atoms with Crippen LogP contribution in [-0.2, 0) is 6.42 Å². The van der Waals surface area contributed by atoms with Gasteiger partial charge in [-0.3, -0.25) is 9.78 Å². The Labute approximate surface area is 164 Å². The summed E-state index contributed by atoms with van der Waals surface area (Å²) in [6.07, 6.45) is 4.25. The van der Waals surface area contributed by atoms with E-state index in [4.69, 9.17) is 11.6 Å². The zero-order chi connectivity index (χ0) is 18.8. The molecular formula is C21H24ClN3O2. The van der Waals surface area contributed by atoms with Crippen LogP contribution in [0.5, 0.6) is 0 Å². The minimum absolute atomic E-state index is 0.00296. The van der Waals surface area contributed by atoms with E-state index in [0.29, 0.717) is 30.1 Å². The van der Waals surface area contributed by atoms with Crippen LogP contribution in [0.2, 0.25) is 5.02 Å². The Kier molecular flexibility index (Phi) is 5.32. The third kappa shape index (κ3) is 3.94. The summed E-state index contributed by atoms with van der Waals surface area (Å²) in [5.41, 5.74) is 2.52. The molecule has 5 nitrogen and oxygen atoms in total. The van der Waals surface area contributed by atoms with Gasteiger partial charge in [-0.25, -0.2) is 0 Å². The first-order valence-corrected chi connectivity index (χ1v) is 9.91. The van der Waals surface area contributed by atoms with Gasteiger partial charge in [-0.2, -0.15) is 0 Å². The molecule has 3 heterocycles. The van der Waals surface area contributed by atoms with Gasteiger partial charge < -0.3 is 14.9 Å². The van der Waals surface area contributed by atoms with Crippen LogP contribution in [0.25, 0.3) is 0 Å². The summed E-state index contributed by atoms with van der Waals surface area (Å²) in [7, 11) is 0. The molecule has 142 valence electrons. The van der Waals surface area contributed by atoms with Gasteiger partial charge in [0.2, 0.25) is 0 Å². The van der Waals surface area contributed by atoms with Crippen molar-refractivity contribution in [3.8, 4) is 0 Å². The lowest BCUT2D eigenvalue weighted by Crippen LogP contribution is -2.29. The lowest BCUT2D eigenvalue weighted by molar-refractivity contribution is 0.0764. The van der Waals surface area contributed by atoms with Gasteiger partial charge in [0.25, 0.3) is 5.91 Å². The smallest absolute Gasteiger partial charge is 0.254 e. The molecule has 1 aromatic carbocycles. The minimum Gasteiger partial charge on any atom is -0.391 e. The molecule has 1 amide bonds. The molecule has 0 bridgehead atoms. The Morgan fingerprint density at radius 3 is 2.70 bits per heavy atom. The van der Waals surface area contributed by atoms with Crippen molar-refractivity contribution in [3.05, 3.63) is 58.9 Å². The molecule has 0 aliphatic carbocycles. The number of rotatable bonds is 4. The van der Waals surface area contributed by atoms with Crippen molar-refractivity contribution in [1.29, 1.82) is 0 Å². The van der Waals surface area contributed by atoms with E-state index >= 15 is 0 Å². The molecule has 2 saturated heterocycles. The number of amides is 1. The predicted octanol–water partition coefficient (Wildman–Crippen LogP) is 3.01. The summed E-state index contributed by atoms with van der Waals surface area (Å²) in [4.78, 5) is 21.2. The van der Waals surface area contributed by atoms with Gasteiger partial charge in [0.1, 0.15) is 0 Å². The molecule has 0 unspecified atom stereocenters. The summed E-state index contributed by atoms with van der Waals surface area (Å²) in [5.74, 6) is -0.0735. The Morgan fingerprint density at radius 2 is 2.00 bits per heavy atom. The summed E-state index contributed by atoms with van der Waals surface area (Å²) in [6, 6.07) is 11.3. The quantitative estimate of drug-likeness (QED) is 0.879. The van der Waals surface area contributed by atoms with Gasteiger partial charge >= 0.3 is 0 Å². The monoisotopic (exact) mass is 385 g/mol. The second kappa shape index (κ2) is 7.87. The molecule has 2 aromatic rings. The number of hydrogen-bond donors (Lipinski definition) is 1. The van der Waals surface area contributed by atoms with Crippen molar-refractivity contribution in [2.75, 3.05) is 31.1 Å². The summed E-state index contributed by atoms with van der Waals surface area (Å²) < 4.78 is 0. The van der Waals surface area contributed by atoms with Crippen LogP contribution in [-0.4, -0.2) is 53.2 Å². The van der Waals surface area contributed by atoms with E-state index in [1.165, 1.54) is 12.8 Å². The number of likely N-dealkylation sites (tertiary alicyclic amines) is 1. The normalized spacial score (nSPS) is 22.4. The van der Waals surface area contributed by atoms with Crippen molar-refractivity contribution in [2.45, 2.75) is 25.4 Å². The molecule has 2 fully saturated rings. The number of aliphatic hydroxyl groups is 1. The first kappa shape index (κ1) is 18.3. The average molecular weight is 386 g/mol. The van der Waals surface area contributed by atoms with E-state index in [2.05, 4.69) is 9.88 Å². The maximum Gasteiger partial charge on any atom is 0.254 e. The maximum atomic E-state index is 12.9. The minimum atomic E-state index is -0.532. The van der Waals surface area contributed by atoms with Crippen molar-refractivity contribution in [2.24, 2.45) is 5.92 Å². The third-order valence-electron chi connectivity index (χ3n) is 5.53. The number of pyridine rings is 1. The summed E-state index contributed by atoms with van der Waals surface area (Å²) >= 11 is 6.45. The number of aromatic nitrogens is 1. The van der Waals surface area contributed by atoms with Crippen LogP contribution < -0.4 is 4.90 Å². The number of anilines is 1. The third-order valence-corrected chi connectivity index (χ3v) is 5.84. The fourth-order valence-electron chi connectivity index (χ4n) is 4.05. The van der Waals surface area contributed by atoms with Crippen molar-refractivity contribution >= 4 is 23.2 Å². The molecule has 4 rings (SSSR count). The summed E-state index contributed by atoms with van der Waals surface area (Å²) in [6.45, 7) is 2.91. The lowest BCUT2D eigenvalue weighted by atomic mass is 10.00. The number of aliphatic hydroxyl groups excluding tert-OH is 1. The van der Waals surface area contributed by atoms with Crippen molar-refractivity contribution < 1.29 is 9.90 Å². The number of carbonyl (C=O) groups is 1. The number of carbonyl (C=O) groups excluding carboxylic acids is 1. The zero-order valence-electron chi connectivity index (χ0n) is 15.2. The molecule has 1 aromatic heterocycles. The highest BCUT2D eigenvalue weighted by molar-refractivity contribution is 6.33. The number of halogens is 1. The summed E-state index contributed by atoms with van der Waals surface area (Å²) in [5, 5.41) is 11.0. The molecule has 2 atom stereocenters. The van der Waals surface area contributed by atoms with E-state index in [1.807, 2.05) is 30.3 Å². The molecule has 0 saturated carbocycles. The van der Waals surface area contributed by atoms with E-state index in [9.17, 15) is 9.90 Å². The second-order valence-electron chi connectivity index (χ2n) is 7.42. The molecule has 6 heteroatoms. The highest BCUT2D eigenvalue weighted by atomic mass is 35.5. The number of hydrogen-bond acceptors (Lipinski definition) is 4. The Hall–Kier alpha value is -2.11. The number of benzene rings is 1. The topological polar surface area (TPSA) is 56.7 Å². The molecule has 2 aliphatic heterocycles. The van der Waals surface area contributed by atoms with Gasteiger partial charge in [-0.15, -0.1) is 0 Å². The van der Waals surface area contributed by atoms with E-state index < -0.39 is 6.10 Å². The standard InChI is InChI=1S/C21H24ClN3O2/c22-18-12-15(6-7-19(18)24-9-3-4-10-24)21(27)25-13-16(20(26)14-25)11-17-5-1-2-8-23-17/h1-2,5-8,12,16,20,26H,3-4,9-11,13-14H2/t16-,20-/m1/s1. The SMILES string of the molecule is O=C(c1ccc(N2CCCC2)c(Cl)c1)N1C[C@@H](Cc2ccccn2)[C@H](O)C1. The first-order valence-electron chi connectivity index (χ1n) is 9.53. The highest BCUT2D eigenvalue weighted by Crippen LogP contribution is 2.31. The second-order valence-corrected chi connectivity index (χ2v) is 7.83. The Morgan fingerprint density at radius 1 is 1.19 bits per heavy atom.